The molecule has 1 rings (SSSR count). The van der Waals surface area contributed by atoms with E-state index in [0.29, 0.717) is 19.8 Å². The molecule has 5 nitrogen and oxygen atoms in total. The molecule has 0 bridgehead atoms. The van der Waals surface area contributed by atoms with Gasteiger partial charge in [0.1, 0.15) is 0 Å². The monoisotopic (exact) mass is 500 g/mol. The van der Waals surface area contributed by atoms with Crippen LogP contribution in [0.2, 0.25) is 0 Å². The number of unbranched alkanes of at least 4 members (excludes halogenated alkanes) is 8. The van der Waals surface area contributed by atoms with Gasteiger partial charge in [0.15, 0.2) is 6.29 Å². The van der Waals surface area contributed by atoms with Crippen molar-refractivity contribution >= 4 is 0 Å². The maximum Gasteiger partial charge on any atom is 0.285 e. The van der Waals surface area contributed by atoms with Gasteiger partial charge in [-0.05, 0) is 57.8 Å². The highest BCUT2D eigenvalue weighted by molar-refractivity contribution is 4.74. The van der Waals surface area contributed by atoms with Crippen molar-refractivity contribution in [2.45, 2.75) is 156 Å². The fourth-order valence-electron chi connectivity index (χ4n) is 4.61. The van der Waals surface area contributed by atoms with Gasteiger partial charge in [-0.3, -0.25) is 0 Å². The lowest BCUT2D eigenvalue weighted by Crippen LogP contribution is -2.47. The summed E-state index contributed by atoms with van der Waals surface area (Å²) in [5.74, 6) is -0.709. The fourth-order valence-corrected chi connectivity index (χ4v) is 4.61. The molecule has 0 saturated carbocycles. The average Bonchev–Trinajstić information content (AvgIpc) is 2.88. The first-order valence-corrected chi connectivity index (χ1v) is 15.4. The lowest BCUT2D eigenvalue weighted by atomic mass is 9.92. The molecule has 210 valence electrons. The third-order valence-electron chi connectivity index (χ3n) is 6.95. The smallest absolute Gasteiger partial charge is 0.285 e. The van der Waals surface area contributed by atoms with Gasteiger partial charge in [0.2, 0.25) is 0 Å². The number of hydrogen-bond donors (Lipinski definition) is 0. The zero-order chi connectivity index (χ0) is 25.5. The summed E-state index contributed by atoms with van der Waals surface area (Å²) in [5, 5.41) is 0. The fraction of sp³-hybridized carbons (Fsp3) is 1.00. The van der Waals surface area contributed by atoms with Crippen LogP contribution in [-0.4, -0.2) is 45.3 Å². The van der Waals surface area contributed by atoms with Crippen LogP contribution in [0.4, 0.5) is 0 Å². The van der Waals surface area contributed by atoms with E-state index in [1.165, 1.54) is 44.9 Å². The summed E-state index contributed by atoms with van der Waals surface area (Å²) in [5.41, 5.74) is 0. The second kappa shape index (κ2) is 23.0. The van der Waals surface area contributed by atoms with Crippen LogP contribution in [-0.2, 0) is 23.7 Å². The quantitative estimate of drug-likeness (QED) is 0.0925. The second-order valence-corrected chi connectivity index (χ2v) is 10.3. The maximum atomic E-state index is 6.56. The van der Waals surface area contributed by atoms with Gasteiger partial charge in [-0.1, -0.05) is 85.5 Å². The van der Waals surface area contributed by atoms with Gasteiger partial charge in [-0.25, -0.2) is 0 Å². The topological polar surface area (TPSA) is 46.2 Å². The molecule has 2 unspecified atom stereocenters. The minimum absolute atomic E-state index is 0.0204. The van der Waals surface area contributed by atoms with E-state index in [1.807, 2.05) is 0 Å². The first kappa shape index (κ1) is 32.8. The molecule has 1 heterocycles. The molecule has 1 fully saturated rings. The zero-order valence-electron chi connectivity index (χ0n) is 24.0. The lowest BCUT2D eigenvalue weighted by Gasteiger charge is -2.40. The molecule has 35 heavy (non-hydrogen) atoms. The summed E-state index contributed by atoms with van der Waals surface area (Å²) in [4.78, 5) is 0. The minimum atomic E-state index is -0.926. The van der Waals surface area contributed by atoms with E-state index < -0.39 is 5.97 Å². The van der Waals surface area contributed by atoms with Gasteiger partial charge in [-0.2, -0.15) is 0 Å². The Morgan fingerprint density at radius 3 is 1.71 bits per heavy atom. The molecule has 0 aromatic rings. The predicted molar refractivity (Wildman–Crippen MR) is 146 cm³/mol. The Labute approximate surface area is 218 Å². The summed E-state index contributed by atoms with van der Waals surface area (Å²) in [7, 11) is 0. The van der Waals surface area contributed by atoms with Crippen LogP contribution in [0.3, 0.4) is 0 Å². The highest BCUT2D eigenvalue weighted by atomic mass is 16.9. The Morgan fingerprint density at radius 1 is 0.629 bits per heavy atom. The van der Waals surface area contributed by atoms with Gasteiger partial charge in [0, 0.05) is 19.1 Å². The average molecular weight is 501 g/mol. The van der Waals surface area contributed by atoms with Crippen LogP contribution in [0.25, 0.3) is 0 Å². The second-order valence-electron chi connectivity index (χ2n) is 10.3. The normalized spacial score (nSPS) is 17.7. The Hall–Kier alpha value is -0.200. The van der Waals surface area contributed by atoms with Crippen molar-refractivity contribution in [3.8, 4) is 0 Å². The molecule has 0 aromatic carbocycles. The van der Waals surface area contributed by atoms with E-state index in [-0.39, 0.29) is 12.2 Å². The van der Waals surface area contributed by atoms with Crippen molar-refractivity contribution < 1.29 is 23.7 Å². The Balaban J connectivity index is 2.84. The van der Waals surface area contributed by atoms with Crippen molar-refractivity contribution in [2.75, 3.05) is 33.0 Å². The van der Waals surface area contributed by atoms with Gasteiger partial charge < -0.3 is 23.7 Å². The van der Waals surface area contributed by atoms with Gasteiger partial charge >= 0.3 is 0 Å². The van der Waals surface area contributed by atoms with Crippen molar-refractivity contribution in [3.63, 3.8) is 0 Å². The highest BCUT2D eigenvalue weighted by Gasteiger charge is 2.42. The molecule has 5 heteroatoms. The third kappa shape index (κ3) is 15.6. The SMILES string of the molecule is CCCCCCCCC(CCCOC1CCCCO1)C(OCCCC)(OCCCC)OCCCC. The molecule has 1 saturated heterocycles. The van der Waals surface area contributed by atoms with Gasteiger partial charge in [0.25, 0.3) is 5.97 Å². The Bertz CT molecular complexity index is 412. The summed E-state index contributed by atoms with van der Waals surface area (Å²) < 4.78 is 31.5. The van der Waals surface area contributed by atoms with Crippen LogP contribution >= 0.6 is 0 Å². The van der Waals surface area contributed by atoms with Gasteiger partial charge in [0.05, 0.1) is 19.8 Å². The van der Waals surface area contributed by atoms with Gasteiger partial charge in [-0.15, -0.1) is 0 Å². The molecular formula is C30H60O5. The highest BCUT2D eigenvalue weighted by Crippen LogP contribution is 2.35. The Morgan fingerprint density at radius 2 is 1.17 bits per heavy atom. The first-order chi connectivity index (χ1) is 17.2. The first-order valence-electron chi connectivity index (χ1n) is 15.4. The standard InChI is InChI=1S/C30H60O5/c1-5-9-13-14-15-16-20-28(21-19-24-32-29-22-17-18-23-31-29)30(33-25-10-6-2,34-26-11-7-3)35-27-12-8-4/h28-29H,5-27H2,1-4H3. The predicted octanol–water partition coefficient (Wildman–Crippen LogP) is 8.78. The molecule has 0 N–H and O–H groups in total. The van der Waals surface area contributed by atoms with Crippen molar-refractivity contribution in [3.05, 3.63) is 0 Å². The van der Waals surface area contributed by atoms with E-state index in [0.717, 1.165) is 83.8 Å². The van der Waals surface area contributed by atoms with Crippen LogP contribution in [0.15, 0.2) is 0 Å². The van der Waals surface area contributed by atoms with Crippen LogP contribution in [0.5, 0.6) is 0 Å². The van der Waals surface area contributed by atoms with Crippen molar-refractivity contribution in [1.29, 1.82) is 0 Å². The Kier molecular flexibility index (Phi) is 21.5. The zero-order valence-corrected chi connectivity index (χ0v) is 24.0. The molecule has 0 radical (unpaired) electrons. The van der Waals surface area contributed by atoms with Crippen LogP contribution < -0.4 is 0 Å². The van der Waals surface area contributed by atoms with E-state index in [9.17, 15) is 0 Å². The summed E-state index contributed by atoms with van der Waals surface area (Å²) in [6.45, 7) is 12.5. The number of rotatable bonds is 25. The van der Waals surface area contributed by atoms with Crippen molar-refractivity contribution in [2.24, 2.45) is 5.92 Å². The van der Waals surface area contributed by atoms with E-state index in [4.69, 9.17) is 23.7 Å². The largest absolute Gasteiger partial charge is 0.353 e. The lowest BCUT2D eigenvalue weighted by molar-refractivity contribution is -0.407. The van der Waals surface area contributed by atoms with E-state index >= 15 is 0 Å². The van der Waals surface area contributed by atoms with Crippen molar-refractivity contribution in [1.82, 2.24) is 0 Å². The number of ether oxygens (including phenoxy) is 5. The summed E-state index contributed by atoms with van der Waals surface area (Å²) >= 11 is 0. The molecule has 0 spiro atoms. The molecule has 0 aromatic heterocycles. The van der Waals surface area contributed by atoms with Crippen LogP contribution in [0.1, 0.15) is 143 Å². The third-order valence-corrected chi connectivity index (χ3v) is 6.95. The van der Waals surface area contributed by atoms with E-state index in [2.05, 4.69) is 27.7 Å². The molecule has 1 aliphatic heterocycles. The molecular weight excluding hydrogens is 440 g/mol. The maximum absolute atomic E-state index is 6.56. The van der Waals surface area contributed by atoms with Crippen LogP contribution in [0, 0.1) is 5.92 Å². The molecule has 1 aliphatic rings. The van der Waals surface area contributed by atoms with E-state index in [1.54, 1.807) is 0 Å². The molecule has 2 atom stereocenters. The minimum Gasteiger partial charge on any atom is -0.353 e. The molecule has 0 amide bonds. The molecule has 0 aliphatic carbocycles. The summed E-state index contributed by atoms with van der Waals surface area (Å²) in [6, 6.07) is 0. The number of hydrogen-bond acceptors (Lipinski definition) is 5. The summed E-state index contributed by atoms with van der Waals surface area (Å²) in [6.07, 6.45) is 20.6.